The molecule has 1 aromatic heterocycles. The van der Waals surface area contributed by atoms with Crippen molar-refractivity contribution in [2.45, 2.75) is 19.4 Å². The molecule has 2 heterocycles. The number of aromatic nitrogens is 1. The van der Waals surface area contributed by atoms with Crippen LogP contribution in [0.25, 0.3) is 0 Å². The molecule has 1 amide bonds. The Morgan fingerprint density at radius 1 is 1.63 bits per heavy atom. The van der Waals surface area contributed by atoms with E-state index in [0.29, 0.717) is 30.3 Å². The van der Waals surface area contributed by atoms with Crippen molar-refractivity contribution in [3.05, 3.63) is 23.0 Å². The van der Waals surface area contributed by atoms with E-state index in [1.807, 2.05) is 0 Å². The molecule has 2 rings (SSSR count). The molecule has 0 bridgehead atoms. The average molecular weight is 284 g/mol. The van der Waals surface area contributed by atoms with E-state index >= 15 is 0 Å². The number of hydrogen-bond donors (Lipinski definition) is 1. The Balaban J connectivity index is 2.18. The van der Waals surface area contributed by atoms with Crippen molar-refractivity contribution in [2.24, 2.45) is 5.92 Å². The summed E-state index contributed by atoms with van der Waals surface area (Å²) < 4.78 is 5.41. The Bertz CT molecular complexity index is 481. The average Bonchev–Trinajstić information content (AvgIpc) is 2.41. The van der Waals surface area contributed by atoms with Gasteiger partial charge in [0.1, 0.15) is 5.15 Å². The Morgan fingerprint density at radius 2 is 2.37 bits per heavy atom. The van der Waals surface area contributed by atoms with Gasteiger partial charge in [0.2, 0.25) is 0 Å². The number of piperidine rings is 1. The van der Waals surface area contributed by atoms with Crippen molar-refractivity contribution in [1.82, 2.24) is 9.88 Å². The number of carbonyl (C=O) groups is 1. The van der Waals surface area contributed by atoms with Crippen molar-refractivity contribution in [3.8, 4) is 0 Å². The second-order valence-electron chi connectivity index (χ2n) is 4.89. The van der Waals surface area contributed by atoms with Crippen LogP contribution in [-0.4, -0.2) is 42.1 Å². The van der Waals surface area contributed by atoms with Gasteiger partial charge in [0.25, 0.3) is 5.91 Å². The predicted octanol–water partition coefficient (Wildman–Crippen LogP) is 1.81. The number of likely N-dealkylation sites (tertiary alicyclic amines) is 1. The van der Waals surface area contributed by atoms with Gasteiger partial charge < -0.3 is 15.4 Å². The Labute approximate surface area is 117 Å². The number of amides is 1. The molecule has 0 spiro atoms. The Hall–Kier alpha value is -1.33. The summed E-state index contributed by atoms with van der Waals surface area (Å²) >= 11 is 5.82. The van der Waals surface area contributed by atoms with E-state index in [9.17, 15) is 4.79 Å². The van der Waals surface area contributed by atoms with E-state index in [2.05, 4.69) is 11.9 Å². The Morgan fingerprint density at radius 3 is 3.05 bits per heavy atom. The molecule has 0 radical (unpaired) electrons. The van der Waals surface area contributed by atoms with Crippen molar-refractivity contribution in [2.75, 3.05) is 25.9 Å². The highest BCUT2D eigenvalue weighted by Gasteiger charge is 2.30. The van der Waals surface area contributed by atoms with E-state index in [1.54, 1.807) is 12.0 Å². The van der Waals surface area contributed by atoms with Crippen LogP contribution in [0.15, 0.2) is 12.3 Å². The van der Waals surface area contributed by atoms with Crippen LogP contribution in [0.3, 0.4) is 0 Å². The molecule has 0 saturated carbocycles. The molecule has 2 N–H and O–H groups in total. The van der Waals surface area contributed by atoms with Crippen LogP contribution >= 0.6 is 11.6 Å². The van der Waals surface area contributed by atoms with E-state index in [1.165, 1.54) is 12.3 Å². The highest BCUT2D eigenvalue weighted by atomic mass is 35.5. The first-order valence-corrected chi connectivity index (χ1v) is 6.63. The van der Waals surface area contributed by atoms with Gasteiger partial charge in [0.05, 0.1) is 23.6 Å². The number of carbonyl (C=O) groups excluding carboxylic acids is 1. The lowest BCUT2D eigenvalue weighted by atomic mass is 9.95. The first kappa shape index (κ1) is 14.1. The lowest BCUT2D eigenvalue weighted by molar-refractivity contribution is -0.00153. The largest absolute Gasteiger partial charge is 0.397 e. The predicted molar refractivity (Wildman–Crippen MR) is 74.1 cm³/mol. The minimum absolute atomic E-state index is 0.0660. The number of ether oxygens (including phenoxy) is 1. The highest BCUT2D eigenvalue weighted by molar-refractivity contribution is 6.29. The number of anilines is 1. The maximum Gasteiger partial charge on any atom is 0.256 e. The van der Waals surface area contributed by atoms with Gasteiger partial charge in [0, 0.05) is 20.2 Å². The molecule has 1 aliphatic heterocycles. The molecule has 1 fully saturated rings. The summed E-state index contributed by atoms with van der Waals surface area (Å²) in [6.07, 6.45) is 2.40. The third-order valence-electron chi connectivity index (χ3n) is 3.61. The molecule has 1 saturated heterocycles. The number of rotatable bonds is 2. The smallest absolute Gasteiger partial charge is 0.256 e. The van der Waals surface area contributed by atoms with Gasteiger partial charge in [-0.25, -0.2) is 4.98 Å². The third-order valence-corrected chi connectivity index (χ3v) is 3.82. The van der Waals surface area contributed by atoms with Gasteiger partial charge >= 0.3 is 0 Å². The first-order chi connectivity index (χ1) is 9.02. The maximum absolute atomic E-state index is 12.4. The SMILES string of the molecule is COC1CN(C(=O)c2cc(Cl)ncc2N)CCC1C. The zero-order valence-corrected chi connectivity index (χ0v) is 11.9. The first-order valence-electron chi connectivity index (χ1n) is 6.26. The van der Waals surface area contributed by atoms with Crippen LogP contribution in [0.5, 0.6) is 0 Å². The summed E-state index contributed by atoms with van der Waals surface area (Å²) in [5.41, 5.74) is 6.55. The summed E-state index contributed by atoms with van der Waals surface area (Å²) in [7, 11) is 1.67. The van der Waals surface area contributed by atoms with Gasteiger partial charge in [-0.2, -0.15) is 0 Å². The van der Waals surface area contributed by atoms with Crippen molar-refractivity contribution >= 4 is 23.2 Å². The number of nitrogen functional groups attached to an aromatic ring is 1. The van der Waals surface area contributed by atoms with Gasteiger partial charge in [0.15, 0.2) is 0 Å². The van der Waals surface area contributed by atoms with Gasteiger partial charge in [-0.15, -0.1) is 0 Å². The molecule has 19 heavy (non-hydrogen) atoms. The number of pyridine rings is 1. The molecule has 0 aliphatic carbocycles. The van der Waals surface area contributed by atoms with Crippen LogP contribution in [0.1, 0.15) is 23.7 Å². The van der Waals surface area contributed by atoms with E-state index in [0.717, 1.165) is 6.42 Å². The molecule has 104 valence electrons. The van der Waals surface area contributed by atoms with Crippen molar-refractivity contribution in [3.63, 3.8) is 0 Å². The quantitative estimate of drug-likeness (QED) is 0.841. The monoisotopic (exact) mass is 283 g/mol. The number of nitrogens with zero attached hydrogens (tertiary/aromatic N) is 2. The molecule has 6 heteroatoms. The van der Waals surface area contributed by atoms with Crippen LogP contribution in [0.2, 0.25) is 5.15 Å². The van der Waals surface area contributed by atoms with Crippen LogP contribution in [0.4, 0.5) is 5.69 Å². The summed E-state index contributed by atoms with van der Waals surface area (Å²) in [6.45, 7) is 3.42. The fourth-order valence-electron chi connectivity index (χ4n) is 2.32. The number of methoxy groups -OCH3 is 1. The lowest BCUT2D eigenvalue weighted by Crippen LogP contribution is -2.46. The third kappa shape index (κ3) is 2.98. The minimum Gasteiger partial charge on any atom is -0.397 e. The molecular formula is C13H18ClN3O2. The fraction of sp³-hybridized carbons (Fsp3) is 0.538. The van der Waals surface area contributed by atoms with Crippen LogP contribution in [-0.2, 0) is 4.74 Å². The lowest BCUT2D eigenvalue weighted by Gasteiger charge is -2.36. The highest BCUT2D eigenvalue weighted by Crippen LogP contribution is 2.23. The minimum atomic E-state index is -0.115. The van der Waals surface area contributed by atoms with E-state index in [4.69, 9.17) is 22.1 Å². The number of hydrogen-bond acceptors (Lipinski definition) is 4. The molecule has 5 nitrogen and oxygen atoms in total. The standard InChI is InChI=1S/C13H18ClN3O2/c1-8-3-4-17(7-11(8)19-2)13(18)9-5-12(14)16-6-10(9)15/h5-6,8,11H,3-4,7,15H2,1-2H3. The van der Waals surface area contributed by atoms with Crippen LogP contribution in [0, 0.1) is 5.92 Å². The van der Waals surface area contributed by atoms with E-state index in [-0.39, 0.29) is 17.2 Å². The zero-order chi connectivity index (χ0) is 14.0. The normalized spacial score (nSPS) is 23.4. The molecule has 0 aromatic carbocycles. The van der Waals surface area contributed by atoms with Gasteiger partial charge in [-0.1, -0.05) is 18.5 Å². The zero-order valence-electron chi connectivity index (χ0n) is 11.1. The molecular weight excluding hydrogens is 266 g/mol. The molecule has 2 unspecified atom stereocenters. The molecule has 1 aliphatic rings. The summed E-state index contributed by atoms with van der Waals surface area (Å²) in [4.78, 5) is 18.1. The fourth-order valence-corrected chi connectivity index (χ4v) is 2.48. The summed E-state index contributed by atoms with van der Waals surface area (Å²) in [6, 6.07) is 1.51. The second-order valence-corrected chi connectivity index (χ2v) is 5.27. The molecule has 2 atom stereocenters. The second kappa shape index (κ2) is 5.75. The maximum atomic E-state index is 12.4. The van der Waals surface area contributed by atoms with Crippen molar-refractivity contribution in [1.29, 1.82) is 0 Å². The molecule has 1 aromatic rings. The van der Waals surface area contributed by atoms with Crippen LogP contribution < -0.4 is 5.73 Å². The van der Waals surface area contributed by atoms with Gasteiger partial charge in [-0.3, -0.25) is 4.79 Å². The van der Waals surface area contributed by atoms with Gasteiger partial charge in [-0.05, 0) is 18.4 Å². The van der Waals surface area contributed by atoms with Crippen molar-refractivity contribution < 1.29 is 9.53 Å². The topological polar surface area (TPSA) is 68.5 Å². The summed E-state index contributed by atoms with van der Waals surface area (Å²) in [5.74, 6) is 0.336. The Kier molecular flexibility index (Phi) is 4.27. The summed E-state index contributed by atoms with van der Waals surface area (Å²) in [5, 5.41) is 0.270. The number of halogens is 1. The van der Waals surface area contributed by atoms with E-state index < -0.39 is 0 Å². The number of nitrogens with two attached hydrogens (primary N) is 1.